The molecule has 0 saturated carbocycles. The quantitative estimate of drug-likeness (QED) is 0.582. The fourth-order valence-electron chi connectivity index (χ4n) is 1.77. The average Bonchev–Trinajstić information content (AvgIpc) is 2.92. The minimum Gasteiger partial charge on any atom is -0.495 e. The fraction of sp³-hybridized carbons (Fsp3) is 0.214. The van der Waals surface area contributed by atoms with Crippen LogP contribution < -0.4 is 10.1 Å². The van der Waals surface area contributed by atoms with Gasteiger partial charge in [-0.15, -0.1) is 23.1 Å². The van der Waals surface area contributed by atoms with E-state index in [9.17, 15) is 14.9 Å². The lowest BCUT2D eigenvalue weighted by atomic mass is 10.2. The second kappa shape index (κ2) is 8.19. The number of halogens is 1. The van der Waals surface area contributed by atoms with Crippen LogP contribution in [0.2, 0.25) is 4.34 Å². The Balaban J connectivity index is 1.93. The van der Waals surface area contributed by atoms with Crippen LogP contribution in [-0.2, 0) is 10.5 Å². The maximum absolute atomic E-state index is 12.0. The van der Waals surface area contributed by atoms with Crippen LogP contribution in [0.4, 0.5) is 11.4 Å². The van der Waals surface area contributed by atoms with Crippen molar-refractivity contribution in [1.29, 1.82) is 0 Å². The van der Waals surface area contributed by atoms with Crippen LogP contribution in [0.1, 0.15) is 4.88 Å². The molecule has 0 radical (unpaired) electrons. The number of non-ortho nitro benzene ring substituents is 1. The fourth-order valence-corrected chi connectivity index (χ4v) is 3.79. The van der Waals surface area contributed by atoms with Gasteiger partial charge in [-0.2, -0.15) is 0 Å². The summed E-state index contributed by atoms with van der Waals surface area (Å²) >= 11 is 8.75. The Kier molecular flexibility index (Phi) is 6.26. The highest BCUT2D eigenvalue weighted by Crippen LogP contribution is 2.29. The molecule has 23 heavy (non-hydrogen) atoms. The van der Waals surface area contributed by atoms with Crippen molar-refractivity contribution in [2.24, 2.45) is 0 Å². The van der Waals surface area contributed by atoms with E-state index in [1.54, 1.807) is 0 Å². The van der Waals surface area contributed by atoms with Crippen LogP contribution in [0.5, 0.6) is 5.75 Å². The molecule has 0 bridgehead atoms. The maximum atomic E-state index is 12.0. The Morgan fingerprint density at radius 3 is 2.83 bits per heavy atom. The van der Waals surface area contributed by atoms with E-state index in [4.69, 9.17) is 16.3 Å². The minimum atomic E-state index is -0.523. The number of nitrogens with one attached hydrogen (secondary N) is 1. The van der Waals surface area contributed by atoms with Crippen LogP contribution in [0.25, 0.3) is 0 Å². The largest absolute Gasteiger partial charge is 0.495 e. The van der Waals surface area contributed by atoms with E-state index in [2.05, 4.69) is 5.32 Å². The van der Waals surface area contributed by atoms with Crippen molar-refractivity contribution in [2.75, 3.05) is 18.2 Å². The van der Waals surface area contributed by atoms with Gasteiger partial charge in [-0.1, -0.05) is 11.6 Å². The predicted octanol–water partition coefficient (Wildman–Crippen LogP) is 4.19. The summed E-state index contributed by atoms with van der Waals surface area (Å²) in [5, 5.41) is 13.4. The summed E-state index contributed by atoms with van der Waals surface area (Å²) < 4.78 is 5.81. The molecule has 0 aliphatic rings. The number of nitro benzene ring substituents is 1. The lowest BCUT2D eigenvalue weighted by molar-refractivity contribution is -0.384. The normalized spacial score (nSPS) is 10.3. The highest BCUT2D eigenvalue weighted by molar-refractivity contribution is 7.99. The zero-order valence-electron chi connectivity index (χ0n) is 12.1. The van der Waals surface area contributed by atoms with Gasteiger partial charge in [0.15, 0.2) is 0 Å². The van der Waals surface area contributed by atoms with Crippen molar-refractivity contribution < 1.29 is 14.5 Å². The number of thioether (sulfide) groups is 1. The van der Waals surface area contributed by atoms with E-state index in [0.29, 0.717) is 15.8 Å². The summed E-state index contributed by atoms with van der Waals surface area (Å²) in [6.45, 7) is 0. The molecular weight excluding hydrogens is 360 g/mol. The second-order valence-corrected chi connectivity index (χ2v) is 7.17. The van der Waals surface area contributed by atoms with Gasteiger partial charge in [0.05, 0.1) is 27.8 Å². The summed E-state index contributed by atoms with van der Waals surface area (Å²) in [7, 11) is 1.44. The summed E-state index contributed by atoms with van der Waals surface area (Å²) in [5.41, 5.74) is 0.174. The first-order valence-corrected chi connectivity index (χ1v) is 8.78. The van der Waals surface area contributed by atoms with Gasteiger partial charge in [0.2, 0.25) is 5.91 Å². The van der Waals surface area contributed by atoms with E-state index in [-0.39, 0.29) is 23.0 Å². The highest BCUT2D eigenvalue weighted by atomic mass is 35.5. The number of anilines is 1. The number of hydrogen-bond acceptors (Lipinski definition) is 6. The third-order valence-electron chi connectivity index (χ3n) is 2.77. The number of ether oxygens (including phenoxy) is 1. The molecule has 0 saturated heterocycles. The Morgan fingerprint density at radius 2 is 2.22 bits per heavy atom. The van der Waals surface area contributed by atoms with Crippen molar-refractivity contribution >= 4 is 52.0 Å². The molecule has 1 amide bonds. The minimum absolute atomic E-state index is 0.109. The molecule has 2 rings (SSSR count). The Morgan fingerprint density at radius 1 is 1.43 bits per heavy atom. The number of amides is 1. The van der Waals surface area contributed by atoms with Crippen molar-refractivity contribution in [2.45, 2.75) is 5.75 Å². The number of thiophene rings is 1. The van der Waals surface area contributed by atoms with Gasteiger partial charge in [-0.3, -0.25) is 14.9 Å². The highest BCUT2D eigenvalue weighted by Gasteiger charge is 2.13. The van der Waals surface area contributed by atoms with Crippen LogP contribution >= 0.6 is 34.7 Å². The molecule has 0 fully saturated rings. The first-order valence-electron chi connectivity index (χ1n) is 6.44. The van der Waals surface area contributed by atoms with Gasteiger partial charge in [0.1, 0.15) is 5.75 Å². The first kappa shape index (κ1) is 17.6. The Labute approximate surface area is 145 Å². The number of nitro groups is 1. The average molecular weight is 373 g/mol. The first-order chi connectivity index (χ1) is 11.0. The predicted molar refractivity (Wildman–Crippen MR) is 93.8 cm³/mol. The topological polar surface area (TPSA) is 81.5 Å². The smallest absolute Gasteiger partial charge is 0.271 e. The number of methoxy groups -OCH3 is 1. The van der Waals surface area contributed by atoms with Gasteiger partial charge in [0, 0.05) is 22.8 Å². The SMILES string of the molecule is COc1ccc([N+](=O)[O-])cc1NC(=O)CSCc1ccc(Cl)s1. The number of nitrogens with zero attached hydrogens (tertiary/aromatic N) is 1. The van der Waals surface area contributed by atoms with Gasteiger partial charge in [-0.05, 0) is 18.2 Å². The third-order valence-corrected chi connectivity index (χ3v) is 5.17. The summed E-state index contributed by atoms with van der Waals surface area (Å²) in [6.07, 6.45) is 0. The lowest BCUT2D eigenvalue weighted by Crippen LogP contribution is -2.15. The molecule has 9 heteroatoms. The van der Waals surface area contributed by atoms with Crippen LogP contribution in [-0.4, -0.2) is 23.7 Å². The van der Waals surface area contributed by atoms with E-state index in [1.165, 1.54) is 48.4 Å². The molecule has 0 atom stereocenters. The monoisotopic (exact) mass is 372 g/mol. The van der Waals surface area contributed by atoms with Crippen molar-refractivity contribution in [1.82, 2.24) is 0 Å². The van der Waals surface area contributed by atoms with Crippen molar-refractivity contribution in [3.63, 3.8) is 0 Å². The van der Waals surface area contributed by atoms with Crippen molar-refractivity contribution in [3.8, 4) is 5.75 Å². The molecule has 1 N–H and O–H groups in total. The number of hydrogen-bond donors (Lipinski definition) is 1. The molecule has 0 unspecified atom stereocenters. The molecule has 122 valence electrons. The lowest BCUT2D eigenvalue weighted by Gasteiger charge is -2.09. The molecule has 1 aromatic heterocycles. The van der Waals surface area contributed by atoms with Crippen LogP contribution in [0.3, 0.4) is 0 Å². The molecule has 0 aliphatic carbocycles. The number of rotatable bonds is 7. The Bertz CT molecular complexity index is 721. The Hall–Kier alpha value is -1.77. The number of carbonyl (C=O) groups excluding carboxylic acids is 1. The molecule has 0 spiro atoms. The van der Waals surface area contributed by atoms with Gasteiger partial charge in [0.25, 0.3) is 5.69 Å². The second-order valence-electron chi connectivity index (χ2n) is 4.39. The number of carbonyl (C=O) groups is 1. The van der Waals surface area contributed by atoms with E-state index in [0.717, 1.165) is 4.88 Å². The standard InChI is InChI=1S/C14H13ClN2O4S2/c1-21-12-4-2-9(17(19)20)6-11(12)16-14(18)8-22-7-10-3-5-13(15)23-10/h2-6H,7-8H2,1H3,(H,16,18). The van der Waals surface area contributed by atoms with Gasteiger partial charge < -0.3 is 10.1 Å². The summed E-state index contributed by atoms with van der Waals surface area (Å²) in [6, 6.07) is 7.79. The number of benzene rings is 1. The molecule has 1 aromatic carbocycles. The van der Waals surface area contributed by atoms with E-state index < -0.39 is 4.92 Å². The molecular formula is C14H13ClN2O4S2. The molecule has 6 nitrogen and oxygen atoms in total. The summed E-state index contributed by atoms with van der Waals surface area (Å²) in [4.78, 5) is 23.3. The van der Waals surface area contributed by atoms with E-state index >= 15 is 0 Å². The molecule has 0 aliphatic heterocycles. The molecule has 1 heterocycles. The molecule has 2 aromatic rings. The third kappa shape index (κ3) is 5.12. The zero-order chi connectivity index (χ0) is 16.8. The van der Waals surface area contributed by atoms with Gasteiger partial charge >= 0.3 is 0 Å². The summed E-state index contributed by atoms with van der Waals surface area (Å²) in [5.74, 6) is 1.02. The van der Waals surface area contributed by atoms with Crippen LogP contribution in [0, 0.1) is 10.1 Å². The van der Waals surface area contributed by atoms with E-state index in [1.807, 2.05) is 12.1 Å². The van der Waals surface area contributed by atoms with Crippen LogP contribution in [0.15, 0.2) is 30.3 Å². The maximum Gasteiger partial charge on any atom is 0.271 e. The van der Waals surface area contributed by atoms with Crippen molar-refractivity contribution in [3.05, 3.63) is 49.7 Å². The zero-order valence-corrected chi connectivity index (χ0v) is 14.5. The van der Waals surface area contributed by atoms with Gasteiger partial charge in [-0.25, -0.2) is 0 Å².